The van der Waals surface area contributed by atoms with Gasteiger partial charge in [0.05, 0.1) is 10.3 Å². The third kappa shape index (κ3) is 4.80. The number of nitrogens with two attached hydrogens (primary N) is 1. The molecule has 0 aliphatic rings. The molecular formula is C14H23N3O3S. The van der Waals surface area contributed by atoms with Crippen LogP contribution in [0.25, 0.3) is 0 Å². The summed E-state index contributed by atoms with van der Waals surface area (Å²) in [6.45, 7) is 7.22. The predicted octanol–water partition coefficient (Wildman–Crippen LogP) is 1.30. The lowest BCUT2D eigenvalue weighted by Crippen LogP contribution is -2.37. The van der Waals surface area contributed by atoms with Gasteiger partial charge in [0.15, 0.2) is 0 Å². The largest absolute Gasteiger partial charge is 0.329 e. The smallest absolute Gasteiger partial charge is 0.240 e. The monoisotopic (exact) mass is 313 g/mol. The number of carbonyl (C=O) groups excluding carboxylic acids is 1. The molecule has 0 radical (unpaired) electrons. The zero-order chi connectivity index (χ0) is 16.3. The SMILES string of the molecule is CC(C)NS(=O)(=O)c1ccc(NC(=O)C(C)(C)CN)cc1. The summed E-state index contributed by atoms with van der Waals surface area (Å²) >= 11 is 0. The van der Waals surface area contributed by atoms with Gasteiger partial charge in [-0.1, -0.05) is 0 Å². The molecule has 0 bridgehead atoms. The van der Waals surface area contributed by atoms with Crippen LogP contribution in [0.15, 0.2) is 29.2 Å². The Morgan fingerprint density at radius 2 is 1.76 bits per heavy atom. The molecule has 1 aromatic rings. The second-order valence-electron chi connectivity index (χ2n) is 5.84. The van der Waals surface area contributed by atoms with Gasteiger partial charge in [0.1, 0.15) is 0 Å². The molecule has 0 fully saturated rings. The maximum atomic E-state index is 12.0. The van der Waals surface area contributed by atoms with E-state index in [4.69, 9.17) is 5.73 Å². The Balaban J connectivity index is 2.87. The fraction of sp³-hybridized carbons (Fsp3) is 0.500. The van der Waals surface area contributed by atoms with Crippen LogP contribution in [0.4, 0.5) is 5.69 Å². The average Bonchev–Trinajstić information content (AvgIpc) is 2.37. The van der Waals surface area contributed by atoms with Crippen LogP contribution >= 0.6 is 0 Å². The van der Waals surface area contributed by atoms with Gasteiger partial charge in [-0.25, -0.2) is 13.1 Å². The molecule has 21 heavy (non-hydrogen) atoms. The van der Waals surface area contributed by atoms with Gasteiger partial charge in [0.25, 0.3) is 0 Å². The average molecular weight is 313 g/mol. The molecule has 1 amide bonds. The van der Waals surface area contributed by atoms with E-state index < -0.39 is 15.4 Å². The molecular weight excluding hydrogens is 290 g/mol. The van der Waals surface area contributed by atoms with Gasteiger partial charge < -0.3 is 11.1 Å². The van der Waals surface area contributed by atoms with Crippen LogP contribution < -0.4 is 15.8 Å². The minimum absolute atomic E-state index is 0.160. The number of carbonyl (C=O) groups is 1. The van der Waals surface area contributed by atoms with Crippen molar-refractivity contribution in [2.75, 3.05) is 11.9 Å². The van der Waals surface area contributed by atoms with Gasteiger partial charge in [-0.2, -0.15) is 0 Å². The second kappa shape index (κ2) is 6.55. The van der Waals surface area contributed by atoms with Crippen molar-refractivity contribution < 1.29 is 13.2 Å². The van der Waals surface area contributed by atoms with E-state index in [-0.39, 0.29) is 23.4 Å². The van der Waals surface area contributed by atoms with Gasteiger partial charge in [-0.05, 0) is 52.0 Å². The van der Waals surface area contributed by atoms with E-state index in [0.29, 0.717) is 5.69 Å². The van der Waals surface area contributed by atoms with Crippen LogP contribution in [0.5, 0.6) is 0 Å². The van der Waals surface area contributed by atoms with Crippen molar-refractivity contribution in [2.45, 2.75) is 38.6 Å². The first kappa shape index (κ1) is 17.6. The number of hydrogen-bond donors (Lipinski definition) is 3. The number of nitrogens with one attached hydrogen (secondary N) is 2. The van der Waals surface area contributed by atoms with Crippen LogP contribution in [-0.2, 0) is 14.8 Å². The standard InChI is InChI=1S/C14H23N3O3S/c1-10(2)17-21(19,20)12-7-5-11(6-8-12)16-13(18)14(3,4)9-15/h5-8,10,17H,9,15H2,1-4H3,(H,16,18). The Morgan fingerprint density at radius 3 is 2.19 bits per heavy atom. The molecule has 1 rings (SSSR count). The Kier molecular flexibility index (Phi) is 5.49. The van der Waals surface area contributed by atoms with Crippen LogP contribution in [0.3, 0.4) is 0 Å². The van der Waals surface area contributed by atoms with Gasteiger partial charge in [-0.3, -0.25) is 4.79 Å². The number of sulfonamides is 1. The van der Waals surface area contributed by atoms with E-state index in [1.165, 1.54) is 12.1 Å². The quantitative estimate of drug-likeness (QED) is 0.736. The minimum atomic E-state index is -3.52. The van der Waals surface area contributed by atoms with E-state index in [1.54, 1.807) is 39.8 Å². The Labute approximate surface area is 126 Å². The molecule has 0 aliphatic carbocycles. The second-order valence-corrected chi connectivity index (χ2v) is 7.56. The highest BCUT2D eigenvalue weighted by Gasteiger charge is 2.25. The molecule has 0 aromatic heterocycles. The number of amides is 1. The number of anilines is 1. The van der Waals surface area contributed by atoms with Crippen molar-refractivity contribution in [1.82, 2.24) is 4.72 Å². The highest BCUT2D eigenvalue weighted by Crippen LogP contribution is 2.19. The molecule has 4 N–H and O–H groups in total. The Hall–Kier alpha value is -1.44. The molecule has 1 aromatic carbocycles. The third-order valence-corrected chi connectivity index (χ3v) is 4.61. The molecule has 0 spiro atoms. The van der Waals surface area contributed by atoms with Crippen LogP contribution in [0.2, 0.25) is 0 Å². The lowest BCUT2D eigenvalue weighted by molar-refractivity contribution is -0.123. The van der Waals surface area contributed by atoms with E-state index >= 15 is 0 Å². The summed E-state index contributed by atoms with van der Waals surface area (Å²) in [6, 6.07) is 5.84. The van der Waals surface area contributed by atoms with E-state index in [0.717, 1.165) is 0 Å². The Morgan fingerprint density at radius 1 is 1.24 bits per heavy atom. The molecule has 0 unspecified atom stereocenters. The number of rotatable bonds is 6. The van der Waals surface area contributed by atoms with Gasteiger partial charge in [0.2, 0.25) is 15.9 Å². The van der Waals surface area contributed by atoms with Crippen molar-refractivity contribution in [3.8, 4) is 0 Å². The first-order valence-corrected chi connectivity index (χ1v) is 8.21. The van der Waals surface area contributed by atoms with Crippen molar-refractivity contribution in [3.05, 3.63) is 24.3 Å². The molecule has 0 aliphatic heterocycles. The van der Waals surface area contributed by atoms with Gasteiger partial charge in [-0.15, -0.1) is 0 Å². The van der Waals surface area contributed by atoms with Crippen molar-refractivity contribution >= 4 is 21.6 Å². The summed E-state index contributed by atoms with van der Waals surface area (Å²) < 4.78 is 26.4. The maximum Gasteiger partial charge on any atom is 0.240 e. The first-order valence-electron chi connectivity index (χ1n) is 6.72. The third-order valence-electron chi connectivity index (χ3n) is 2.94. The van der Waals surface area contributed by atoms with E-state index in [1.807, 2.05) is 0 Å². The van der Waals surface area contributed by atoms with Crippen LogP contribution in [0.1, 0.15) is 27.7 Å². The summed E-state index contributed by atoms with van der Waals surface area (Å²) in [4.78, 5) is 12.1. The highest BCUT2D eigenvalue weighted by molar-refractivity contribution is 7.89. The zero-order valence-electron chi connectivity index (χ0n) is 12.8. The summed E-state index contributed by atoms with van der Waals surface area (Å²) in [5, 5.41) is 2.72. The maximum absolute atomic E-state index is 12.0. The minimum Gasteiger partial charge on any atom is -0.329 e. The fourth-order valence-electron chi connectivity index (χ4n) is 1.49. The number of benzene rings is 1. The first-order chi connectivity index (χ1) is 9.58. The molecule has 7 heteroatoms. The Bertz CT molecular complexity index is 592. The number of hydrogen-bond acceptors (Lipinski definition) is 4. The molecule has 0 saturated heterocycles. The van der Waals surface area contributed by atoms with Gasteiger partial charge >= 0.3 is 0 Å². The normalized spacial score (nSPS) is 12.5. The summed E-state index contributed by atoms with van der Waals surface area (Å²) in [5.41, 5.74) is 5.40. The molecule has 6 nitrogen and oxygen atoms in total. The van der Waals surface area contributed by atoms with Crippen molar-refractivity contribution in [2.24, 2.45) is 11.1 Å². The zero-order valence-corrected chi connectivity index (χ0v) is 13.6. The van der Waals surface area contributed by atoms with E-state index in [9.17, 15) is 13.2 Å². The lowest BCUT2D eigenvalue weighted by Gasteiger charge is -2.21. The topological polar surface area (TPSA) is 101 Å². The predicted molar refractivity (Wildman–Crippen MR) is 83.4 cm³/mol. The lowest BCUT2D eigenvalue weighted by atomic mass is 9.92. The summed E-state index contributed by atoms with van der Waals surface area (Å²) in [5.74, 6) is -0.207. The van der Waals surface area contributed by atoms with Crippen LogP contribution in [0, 0.1) is 5.41 Å². The molecule has 118 valence electrons. The van der Waals surface area contributed by atoms with Crippen molar-refractivity contribution in [1.29, 1.82) is 0 Å². The van der Waals surface area contributed by atoms with Gasteiger partial charge in [0, 0.05) is 18.3 Å². The molecule has 0 saturated carbocycles. The van der Waals surface area contributed by atoms with Crippen molar-refractivity contribution in [3.63, 3.8) is 0 Å². The molecule has 0 atom stereocenters. The summed E-state index contributed by atoms with van der Waals surface area (Å²) in [6.07, 6.45) is 0. The molecule has 0 heterocycles. The summed E-state index contributed by atoms with van der Waals surface area (Å²) in [7, 11) is -3.52. The van der Waals surface area contributed by atoms with E-state index in [2.05, 4.69) is 10.0 Å². The fourth-order valence-corrected chi connectivity index (χ4v) is 2.74. The highest BCUT2D eigenvalue weighted by atomic mass is 32.2. The van der Waals surface area contributed by atoms with Crippen LogP contribution in [-0.4, -0.2) is 26.9 Å².